The molecular weight excluding hydrogens is 434 g/mol. The number of carbonyl (C=O) groups is 1. The minimum absolute atomic E-state index is 0.146. The number of aliphatic hydroxyl groups is 1. The van der Waals surface area contributed by atoms with Crippen LogP contribution in [0.1, 0.15) is 32.3 Å². The van der Waals surface area contributed by atoms with Crippen molar-refractivity contribution in [3.63, 3.8) is 0 Å². The van der Waals surface area contributed by atoms with Crippen LogP contribution in [0.3, 0.4) is 0 Å². The number of nitrogens with zero attached hydrogens (tertiary/aromatic N) is 5. The van der Waals surface area contributed by atoms with Crippen LogP contribution in [0.15, 0.2) is 46.6 Å². The minimum Gasteiger partial charge on any atom is -0.466 e. The molecule has 0 bridgehead atoms. The molecule has 0 aliphatic carbocycles. The fraction of sp³-hybridized carbons (Fsp3) is 0.381. The van der Waals surface area contributed by atoms with Gasteiger partial charge in [0.1, 0.15) is 0 Å². The summed E-state index contributed by atoms with van der Waals surface area (Å²) < 4.78 is 4.93. The van der Waals surface area contributed by atoms with E-state index in [2.05, 4.69) is 10.2 Å². The number of aliphatic hydroxyl groups excluding tert-OH is 1. The van der Waals surface area contributed by atoms with Gasteiger partial charge in [-0.15, -0.1) is 10.2 Å². The lowest BCUT2D eigenvalue weighted by Gasteiger charge is -2.23. The molecular formula is C21H25N5O7. The predicted molar refractivity (Wildman–Crippen MR) is 120 cm³/mol. The second-order valence-electron chi connectivity index (χ2n) is 6.85. The molecule has 0 aromatic heterocycles. The van der Waals surface area contributed by atoms with Gasteiger partial charge < -0.3 is 14.7 Å². The fourth-order valence-electron chi connectivity index (χ4n) is 3.07. The third kappa shape index (κ3) is 7.04. The van der Waals surface area contributed by atoms with Gasteiger partial charge in [0.15, 0.2) is 5.69 Å². The molecule has 1 N–H and O–H groups in total. The standard InChI is InChI=1S/C21H25N5O7/c1-3-24(11-5-6-21(28)33-4-2)16-7-9-18(15(12-16)14-27)22-23-19-10-8-17(25(29)30)13-20(19)26(31)32/h7-10,12-13,27H,3-6,11,14H2,1-2H3. The molecule has 0 atom stereocenters. The molecule has 12 heteroatoms. The lowest BCUT2D eigenvalue weighted by Crippen LogP contribution is -2.24. The third-order valence-electron chi connectivity index (χ3n) is 4.73. The summed E-state index contributed by atoms with van der Waals surface area (Å²) in [6, 6.07) is 8.19. The Morgan fingerprint density at radius 3 is 2.36 bits per heavy atom. The number of rotatable bonds is 12. The molecule has 0 fully saturated rings. The maximum absolute atomic E-state index is 11.5. The van der Waals surface area contributed by atoms with Crippen LogP contribution in [-0.4, -0.2) is 40.6 Å². The number of nitro benzene ring substituents is 2. The van der Waals surface area contributed by atoms with Crippen molar-refractivity contribution >= 4 is 34.4 Å². The zero-order chi connectivity index (χ0) is 24.4. The average molecular weight is 459 g/mol. The van der Waals surface area contributed by atoms with Crippen molar-refractivity contribution in [3.05, 3.63) is 62.2 Å². The van der Waals surface area contributed by atoms with Gasteiger partial charge in [-0.1, -0.05) is 0 Å². The third-order valence-corrected chi connectivity index (χ3v) is 4.73. The number of esters is 1. The zero-order valence-electron chi connectivity index (χ0n) is 18.3. The molecule has 0 saturated carbocycles. The van der Waals surface area contributed by atoms with Crippen LogP contribution in [0.2, 0.25) is 0 Å². The van der Waals surface area contributed by atoms with Gasteiger partial charge in [-0.3, -0.25) is 25.0 Å². The van der Waals surface area contributed by atoms with Crippen molar-refractivity contribution in [1.82, 2.24) is 0 Å². The predicted octanol–water partition coefficient (Wildman–Crippen LogP) is 4.58. The maximum atomic E-state index is 11.5. The number of nitro groups is 2. The molecule has 0 amide bonds. The van der Waals surface area contributed by atoms with Crippen LogP contribution < -0.4 is 4.90 Å². The van der Waals surface area contributed by atoms with Crippen LogP contribution in [0.5, 0.6) is 0 Å². The Balaban J connectivity index is 2.22. The number of carbonyl (C=O) groups excluding carboxylic acids is 1. The molecule has 2 rings (SSSR count). The highest BCUT2D eigenvalue weighted by atomic mass is 16.6. The van der Waals surface area contributed by atoms with Gasteiger partial charge >= 0.3 is 11.7 Å². The van der Waals surface area contributed by atoms with Gasteiger partial charge in [-0.25, -0.2) is 0 Å². The molecule has 0 radical (unpaired) electrons. The van der Waals surface area contributed by atoms with E-state index in [1.807, 2.05) is 11.8 Å². The topological polar surface area (TPSA) is 161 Å². The van der Waals surface area contributed by atoms with Crippen LogP contribution in [0.4, 0.5) is 28.4 Å². The van der Waals surface area contributed by atoms with Crippen molar-refractivity contribution in [2.75, 3.05) is 24.6 Å². The minimum atomic E-state index is -0.771. The van der Waals surface area contributed by atoms with Crippen LogP contribution >= 0.6 is 0 Å². The first-order valence-electron chi connectivity index (χ1n) is 10.3. The molecule has 0 aliphatic heterocycles. The average Bonchev–Trinajstić information content (AvgIpc) is 2.80. The lowest BCUT2D eigenvalue weighted by molar-refractivity contribution is -0.393. The molecule has 33 heavy (non-hydrogen) atoms. The molecule has 2 aromatic rings. The molecule has 176 valence electrons. The summed E-state index contributed by atoms with van der Waals surface area (Å²) in [7, 11) is 0. The van der Waals surface area contributed by atoms with Gasteiger partial charge in [0, 0.05) is 36.8 Å². The number of anilines is 1. The first kappa shape index (κ1) is 25.3. The van der Waals surface area contributed by atoms with Gasteiger partial charge in [0.2, 0.25) is 0 Å². The second-order valence-corrected chi connectivity index (χ2v) is 6.85. The van der Waals surface area contributed by atoms with E-state index >= 15 is 0 Å². The summed E-state index contributed by atoms with van der Waals surface area (Å²) in [5.74, 6) is -0.249. The van der Waals surface area contributed by atoms with Crippen LogP contribution in [0.25, 0.3) is 0 Å². The highest BCUT2D eigenvalue weighted by Gasteiger charge is 2.19. The SMILES string of the molecule is CCOC(=O)CCCN(CC)c1ccc(N=Nc2ccc([N+](=O)[O-])cc2[N+](=O)[O-])c(CO)c1. The Bertz CT molecular complexity index is 1040. The van der Waals surface area contributed by atoms with Crippen molar-refractivity contribution in [2.24, 2.45) is 10.2 Å². The Hall–Kier alpha value is -3.93. The van der Waals surface area contributed by atoms with E-state index in [1.165, 1.54) is 0 Å². The Kier molecular flexibility index (Phi) is 9.36. The molecule has 0 saturated heterocycles. The summed E-state index contributed by atoms with van der Waals surface area (Å²) in [5, 5.41) is 39.8. The number of benzene rings is 2. The van der Waals surface area contributed by atoms with Gasteiger partial charge in [0.25, 0.3) is 5.69 Å². The summed E-state index contributed by atoms with van der Waals surface area (Å²) in [5.41, 5.74) is 0.442. The number of non-ortho nitro benzene ring substituents is 1. The first-order chi connectivity index (χ1) is 15.8. The highest BCUT2D eigenvalue weighted by molar-refractivity contribution is 5.69. The molecule has 0 spiro atoms. The van der Waals surface area contributed by atoms with E-state index < -0.39 is 21.2 Å². The number of hydrogen-bond acceptors (Lipinski definition) is 10. The lowest BCUT2D eigenvalue weighted by atomic mass is 10.1. The largest absolute Gasteiger partial charge is 0.466 e. The summed E-state index contributed by atoms with van der Waals surface area (Å²) in [6.07, 6.45) is 0.907. The Morgan fingerprint density at radius 1 is 1.06 bits per heavy atom. The van der Waals surface area contributed by atoms with E-state index in [0.29, 0.717) is 43.8 Å². The number of hydrogen-bond donors (Lipinski definition) is 1. The first-order valence-corrected chi connectivity index (χ1v) is 10.3. The number of ether oxygens (including phenoxy) is 1. The smallest absolute Gasteiger partial charge is 0.305 e. The quantitative estimate of drug-likeness (QED) is 0.209. The van der Waals surface area contributed by atoms with E-state index in [9.17, 15) is 30.1 Å². The van der Waals surface area contributed by atoms with E-state index in [-0.39, 0.29) is 18.3 Å². The van der Waals surface area contributed by atoms with Crippen molar-refractivity contribution in [3.8, 4) is 0 Å². The van der Waals surface area contributed by atoms with E-state index in [0.717, 1.165) is 23.9 Å². The Labute approximate surface area is 189 Å². The van der Waals surface area contributed by atoms with Crippen LogP contribution in [0, 0.1) is 20.2 Å². The highest BCUT2D eigenvalue weighted by Crippen LogP contribution is 2.34. The molecule has 0 heterocycles. The van der Waals surface area contributed by atoms with Gasteiger partial charge in [-0.2, -0.15) is 0 Å². The van der Waals surface area contributed by atoms with Crippen LogP contribution in [-0.2, 0) is 16.1 Å². The summed E-state index contributed by atoms with van der Waals surface area (Å²) in [4.78, 5) is 34.2. The zero-order valence-corrected chi connectivity index (χ0v) is 18.3. The van der Waals surface area contributed by atoms with E-state index in [1.54, 1.807) is 25.1 Å². The monoisotopic (exact) mass is 459 g/mol. The summed E-state index contributed by atoms with van der Waals surface area (Å²) in [6.45, 7) is 5.00. The maximum Gasteiger partial charge on any atom is 0.305 e. The van der Waals surface area contributed by atoms with Crippen molar-refractivity contribution in [1.29, 1.82) is 0 Å². The van der Waals surface area contributed by atoms with Crippen molar-refractivity contribution in [2.45, 2.75) is 33.3 Å². The van der Waals surface area contributed by atoms with Gasteiger partial charge in [-0.05, 0) is 44.5 Å². The Morgan fingerprint density at radius 2 is 1.76 bits per heavy atom. The van der Waals surface area contributed by atoms with Crippen molar-refractivity contribution < 1.29 is 24.5 Å². The van der Waals surface area contributed by atoms with E-state index in [4.69, 9.17) is 4.74 Å². The summed E-state index contributed by atoms with van der Waals surface area (Å²) >= 11 is 0. The fourth-order valence-corrected chi connectivity index (χ4v) is 3.07. The normalized spacial score (nSPS) is 10.9. The molecule has 12 nitrogen and oxygen atoms in total. The number of azo groups is 1. The molecule has 2 aromatic carbocycles. The van der Waals surface area contributed by atoms with Gasteiger partial charge in [0.05, 0.1) is 34.8 Å². The second kappa shape index (κ2) is 12.2. The molecule has 0 aliphatic rings. The molecule has 0 unspecified atom stereocenters.